The lowest BCUT2D eigenvalue weighted by atomic mass is 10.4. The van der Waals surface area contributed by atoms with Crippen LogP contribution in [0.3, 0.4) is 0 Å². The van der Waals surface area contributed by atoms with Crippen molar-refractivity contribution in [2.24, 2.45) is 0 Å². The summed E-state index contributed by atoms with van der Waals surface area (Å²) in [6, 6.07) is -1.28. The Balaban J connectivity index is 2.84. The highest BCUT2D eigenvalue weighted by Crippen LogP contribution is 2.17. The number of halogens is 3. The number of carbonyl (C=O) groups excluding carboxylic acids is 1. The Bertz CT molecular complexity index is 549. The Kier molecular flexibility index (Phi) is 5.00. The Morgan fingerprint density at radius 3 is 2.33 bits per heavy atom. The fraction of sp³-hybridized carbons (Fsp3) is 0.500. The predicted molar refractivity (Wildman–Crippen MR) is 63.6 cm³/mol. The van der Waals surface area contributed by atoms with Crippen molar-refractivity contribution in [3.8, 4) is 0 Å². The molecule has 0 aliphatic carbocycles. The van der Waals surface area contributed by atoms with E-state index in [9.17, 15) is 22.8 Å². The number of alkyl halides is 3. The molecule has 0 saturated heterocycles. The highest BCUT2D eigenvalue weighted by Gasteiger charge is 2.34. The third kappa shape index (κ3) is 5.58. The minimum absolute atomic E-state index is 0.0842. The highest BCUT2D eigenvalue weighted by molar-refractivity contribution is 5.89. The van der Waals surface area contributed by atoms with Crippen LogP contribution < -0.4 is 5.32 Å². The molecule has 2 N–H and O–H groups in total. The molecule has 1 aromatic heterocycles. The molecular weight excluding hydrogens is 295 g/mol. The number of nitrogens with one attached hydrogen (secondary N) is 1. The van der Waals surface area contributed by atoms with Gasteiger partial charge in [0.25, 0.3) is 5.95 Å². The zero-order chi connectivity index (χ0) is 16.2. The molecule has 0 aliphatic heterocycles. The van der Waals surface area contributed by atoms with Gasteiger partial charge in [-0.25, -0.2) is 9.78 Å². The van der Waals surface area contributed by atoms with Gasteiger partial charge < -0.3 is 10.0 Å². The van der Waals surface area contributed by atoms with Crippen molar-refractivity contribution in [2.75, 3.05) is 18.4 Å². The molecule has 21 heavy (non-hydrogen) atoms. The molecule has 1 heterocycles. The number of carbonyl (C=O) groups is 2. The topological polar surface area (TPSA) is 108 Å². The average Bonchev–Trinajstić information content (AvgIpc) is 2.30. The van der Waals surface area contributed by atoms with E-state index >= 15 is 0 Å². The normalized spacial score (nSPS) is 11.1. The van der Waals surface area contributed by atoms with Crippen LogP contribution in [0.5, 0.6) is 0 Å². The minimum Gasteiger partial charge on any atom is -0.480 e. The second kappa shape index (κ2) is 6.33. The van der Waals surface area contributed by atoms with E-state index < -0.39 is 31.3 Å². The summed E-state index contributed by atoms with van der Waals surface area (Å²) in [7, 11) is 0. The van der Waals surface area contributed by atoms with E-state index in [2.05, 4.69) is 15.2 Å². The number of nitrogens with zero attached hydrogens (tertiary/aromatic N) is 4. The van der Waals surface area contributed by atoms with Crippen LogP contribution in [0, 0.1) is 13.8 Å². The molecule has 0 bridgehead atoms. The van der Waals surface area contributed by atoms with E-state index in [-0.39, 0.29) is 10.8 Å². The van der Waals surface area contributed by atoms with Crippen LogP contribution in [0.15, 0.2) is 0 Å². The number of carboxylic acids is 1. The number of aryl methyl sites for hydroxylation is 2. The SMILES string of the molecule is Cc1nnc(NC(=O)N(CC(=O)O)CC(F)(F)F)nc1C. The smallest absolute Gasteiger partial charge is 0.406 e. The van der Waals surface area contributed by atoms with Gasteiger partial charge in [0.2, 0.25) is 0 Å². The lowest BCUT2D eigenvalue weighted by molar-refractivity contribution is -0.148. The summed E-state index contributed by atoms with van der Waals surface area (Å²) in [5, 5.41) is 17.7. The van der Waals surface area contributed by atoms with Gasteiger partial charge in [0.1, 0.15) is 13.1 Å². The van der Waals surface area contributed by atoms with E-state index in [0.717, 1.165) is 0 Å². The molecule has 0 saturated carbocycles. The molecule has 116 valence electrons. The van der Waals surface area contributed by atoms with Gasteiger partial charge in [-0.3, -0.25) is 10.1 Å². The fourth-order valence-corrected chi connectivity index (χ4v) is 1.26. The zero-order valence-corrected chi connectivity index (χ0v) is 11.1. The molecule has 0 radical (unpaired) electrons. The first-order valence-electron chi connectivity index (χ1n) is 5.61. The highest BCUT2D eigenvalue weighted by atomic mass is 19.4. The molecule has 0 spiro atoms. The molecule has 0 fully saturated rings. The maximum absolute atomic E-state index is 12.3. The summed E-state index contributed by atoms with van der Waals surface area (Å²) in [5.74, 6) is -1.88. The van der Waals surface area contributed by atoms with Crippen LogP contribution in [0.25, 0.3) is 0 Å². The summed E-state index contributed by atoms with van der Waals surface area (Å²) >= 11 is 0. The Hall–Kier alpha value is -2.46. The number of urea groups is 1. The monoisotopic (exact) mass is 307 g/mol. The van der Waals surface area contributed by atoms with Crippen molar-refractivity contribution in [1.29, 1.82) is 0 Å². The van der Waals surface area contributed by atoms with E-state index in [1.807, 2.05) is 5.32 Å². The third-order valence-corrected chi connectivity index (χ3v) is 2.29. The Morgan fingerprint density at radius 2 is 1.86 bits per heavy atom. The van der Waals surface area contributed by atoms with Crippen LogP contribution in [-0.4, -0.2) is 56.5 Å². The summed E-state index contributed by atoms with van der Waals surface area (Å²) < 4.78 is 36.9. The molecular formula is C10H12F3N5O3. The lowest BCUT2D eigenvalue weighted by Gasteiger charge is -2.21. The molecule has 0 aliphatic rings. The van der Waals surface area contributed by atoms with Gasteiger partial charge in [-0.2, -0.15) is 18.3 Å². The van der Waals surface area contributed by atoms with Crippen molar-refractivity contribution >= 4 is 17.9 Å². The number of carboxylic acid groups (broad SMARTS) is 1. The molecule has 8 nitrogen and oxygen atoms in total. The molecule has 0 atom stereocenters. The van der Waals surface area contributed by atoms with E-state index in [4.69, 9.17) is 5.11 Å². The Morgan fingerprint density at radius 1 is 1.24 bits per heavy atom. The molecule has 0 aromatic carbocycles. The van der Waals surface area contributed by atoms with Crippen LogP contribution >= 0.6 is 0 Å². The van der Waals surface area contributed by atoms with Gasteiger partial charge >= 0.3 is 18.2 Å². The number of aromatic nitrogens is 3. The minimum atomic E-state index is -4.73. The number of rotatable bonds is 4. The largest absolute Gasteiger partial charge is 0.480 e. The van der Waals surface area contributed by atoms with Gasteiger partial charge in [0.05, 0.1) is 11.4 Å². The first-order valence-corrected chi connectivity index (χ1v) is 5.61. The predicted octanol–water partition coefficient (Wildman–Crippen LogP) is 0.969. The first-order chi connectivity index (χ1) is 9.58. The van der Waals surface area contributed by atoms with Crippen molar-refractivity contribution < 1.29 is 27.9 Å². The molecule has 0 unspecified atom stereocenters. The summed E-state index contributed by atoms with van der Waals surface area (Å²) in [5.41, 5.74) is 0.923. The Labute approximate surface area is 117 Å². The van der Waals surface area contributed by atoms with Crippen molar-refractivity contribution in [3.05, 3.63) is 11.4 Å². The van der Waals surface area contributed by atoms with Crippen molar-refractivity contribution in [2.45, 2.75) is 20.0 Å². The molecule has 2 amide bonds. The van der Waals surface area contributed by atoms with E-state index in [1.54, 1.807) is 13.8 Å². The van der Waals surface area contributed by atoms with Gasteiger partial charge in [-0.15, -0.1) is 5.10 Å². The second-order valence-electron chi connectivity index (χ2n) is 4.10. The van der Waals surface area contributed by atoms with Gasteiger partial charge in [-0.05, 0) is 13.8 Å². The number of aliphatic carboxylic acids is 1. The summed E-state index contributed by atoms with van der Waals surface area (Å²) in [6.45, 7) is 0.374. The van der Waals surface area contributed by atoms with Gasteiger partial charge in [0, 0.05) is 0 Å². The molecule has 11 heteroatoms. The quantitative estimate of drug-likeness (QED) is 0.858. The second-order valence-corrected chi connectivity index (χ2v) is 4.10. The maximum atomic E-state index is 12.3. The standard InChI is InChI=1S/C10H12F3N5O3/c1-5-6(2)16-17-8(14-5)15-9(21)18(3-7(19)20)4-10(11,12)13/h3-4H2,1-2H3,(H,19,20)(H,14,15,17,21). The number of hydrogen-bond acceptors (Lipinski definition) is 5. The molecule has 1 aromatic rings. The maximum Gasteiger partial charge on any atom is 0.406 e. The number of amides is 2. The third-order valence-electron chi connectivity index (χ3n) is 2.29. The average molecular weight is 307 g/mol. The zero-order valence-electron chi connectivity index (χ0n) is 11.1. The van der Waals surface area contributed by atoms with E-state index in [1.165, 1.54) is 0 Å². The van der Waals surface area contributed by atoms with Crippen LogP contribution in [-0.2, 0) is 4.79 Å². The van der Waals surface area contributed by atoms with E-state index in [0.29, 0.717) is 11.4 Å². The fourth-order valence-electron chi connectivity index (χ4n) is 1.26. The van der Waals surface area contributed by atoms with Crippen molar-refractivity contribution in [1.82, 2.24) is 20.1 Å². The number of hydrogen-bond donors (Lipinski definition) is 2. The van der Waals surface area contributed by atoms with Gasteiger partial charge in [-0.1, -0.05) is 0 Å². The summed E-state index contributed by atoms with van der Waals surface area (Å²) in [4.78, 5) is 26.1. The van der Waals surface area contributed by atoms with Gasteiger partial charge in [0.15, 0.2) is 0 Å². The molecule has 1 rings (SSSR count). The van der Waals surface area contributed by atoms with Crippen LogP contribution in [0.1, 0.15) is 11.4 Å². The summed E-state index contributed by atoms with van der Waals surface area (Å²) in [6.07, 6.45) is -4.73. The number of anilines is 1. The first kappa shape index (κ1) is 16.6. The van der Waals surface area contributed by atoms with Crippen molar-refractivity contribution in [3.63, 3.8) is 0 Å². The van der Waals surface area contributed by atoms with Crippen LogP contribution in [0.4, 0.5) is 23.9 Å². The van der Waals surface area contributed by atoms with Crippen LogP contribution in [0.2, 0.25) is 0 Å². The lowest BCUT2D eigenvalue weighted by Crippen LogP contribution is -2.44.